The minimum absolute atomic E-state index is 0.101. The third kappa shape index (κ3) is 1.81. The predicted octanol–water partition coefficient (Wildman–Crippen LogP) is 1.06. The molecule has 0 aliphatic carbocycles. The molecule has 0 radical (unpaired) electrons. The molecular formula is C15H16N2O3. The van der Waals surface area contributed by atoms with E-state index in [9.17, 15) is 14.4 Å². The summed E-state index contributed by atoms with van der Waals surface area (Å²) in [5.41, 5.74) is 3.72. The molecule has 2 heterocycles. The number of hydrogen-bond donors (Lipinski definition) is 1. The van der Waals surface area contributed by atoms with Crippen LogP contribution in [0.5, 0.6) is 0 Å². The van der Waals surface area contributed by atoms with Gasteiger partial charge >= 0.3 is 0 Å². The number of rotatable bonds is 1. The Hall–Kier alpha value is -2.17. The quantitative estimate of drug-likeness (QED) is 0.777. The summed E-state index contributed by atoms with van der Waals surface area (Å²) < 4.78 is 0. The van der Waals surface area contributed by atoms with Crippen molar-refractivity contribution in [2.75, 3.05) is 0 Å². The first-order valence-corrected chi connectivity index (χ1v) is 6.73. The van der Waals surface area contributed by atoms with Crippen molar-refractivity contribution in [3.8, 4) is 0 Å². The van der Waals surface area contributed by atoms with Crippen molar-refractivity contribution in [3.05, 3.63) is 34.4 Å². The Kier molecular flexibility index (Phi) is 2.85. The average molecular weight is 272 g/mol. The van der Waals surface area contributed by atoms with Crippen molar-refractivity contribution < 1.29 is 14.4 Å². The van der Waals surface area contributed by atoms with Crippen LogP contribution in [0.25, 0.3) is 0 Å². The first kappa shape index (κ1) is 12.8. The molecule has 104 valence electrons. The molecular weight excluding hydrogens is 256 g/mol. The molecule has 3 rings (SSSR count). The molecule has 0 unspecified atom stereocenters. The lowest BCUT2D eigenvalue weighted by Crippen LogP contribution is -2.52. The molecule has 3 amide bonds. The van der Waals surface area contributed by atoms with Gasteiger partial charge in [0, 0.05) is 18.5 Å². The number of benzene rings is 1. The van der Waals surface area contributed by atoms with Crippen LogP contribution in [0.15, 0.2) is 12.1 Å². The monoisotopic (exact) mass is 272 g/mol. The highest BCUT2D eigenvalue weighted by Gasteiger charge is 2.40. The molecule has 2 aliphatic rings. The van der Waals surface area contributed by atoms with Crippen molar-refractivity contribution in [2.45, 2.75) is 39.3 Å². The smallest absolute Gasteiger partial charge is 0.255 e. The van der Waals surface area contributed by atoms with Crippen LogP contribution in [0.3, 0.4) is 0 Å². The van der Waals surface area contributed by atoms with Gasteiger partial charge in [-0.25, -0.2) is 0 Å². The molecule has 0 bridgehead atoms. The molecule has 1 fully saturated rings. The standard InChI is InChI=1S/C15H16N2O3/c1-8-3-4-9(2)13-10(8)7-17(15(13)20)11-5-6-12(18)16-14(11)19/h3-4,11H,5-7H2,1-2H3,(H,16,18,19)/t11-/m0/s1. The summed E-state index contributed by atoms with van der Waals surface area (Å²) in [5.74, 6) is -0.726. The molecule has 1 saturated heterocycles. The second-order valence-electron chi connectivity index (χ2n) is 5.45. The molecule has 1 aromatic rings. The second kappa shape index (κ2) is 4.44. The van der Waals surface area contributed by atoms with Gasteiger partial charge in [0.1, 0.15) is 6.04 Å². The molecule has 20 heavy (non-hydrogen) atoms. The Morgan fingerprint density at radius 3 is 2.50 bits per heavy atom. The van der Waals surface area contributed by atoms with Crippen molar-refractivity contribution in [3.63, 3.8) is 0 Å². The fraction of sp³-hybridized carbons (Fsp3) is 0.400. The van der Waals surface area contributed by atoms with Crippen molar-refractivity contribution >= 4 is 17.7 Å². The van der Waals surface area contributed by atoms with Gasteiger partial charge in [-0.05, 0) is 37.0 Å². The highest BCUT2D eigenvalue weighted by atomic mass is 16.2. The Morgan fingerprint density at radius 1 is 1.15 bits per heavy atom. The van der Waals surface area contributed by atoms with Gasteiger partial charge in [-0.3, -0.25) is 19.7 Å². The first-order valence-electron chi connectivity index (χ1n) is 6.73. The summed E-state index contributed by atoms with van der Waals surface area (Å²) >= 11 is 0. The zero-order valence-corrected chi connectivity index (χ0v) is 11.5. The number of piperidine rings is 1. The minimum atomic E-state index is -0.536. The molecule has 0 spiro atoms. The van der Waals surface area contributed by atoms with Gasteiger partial charge in [0.25, 0.3) is 5.91 Å². The van der Waals surface area contributed by atoms with Crippen LogP contribution in [-0.4, -0.2) is 28.7 Å². The van der Waals surface area contributed by atoms with Crippen LogP contribution in [0, 0.1) is 13.8 Å². The summed E-state index contributed by atoms with van der Waals surface area (Å²) in [5, 5.41) is 2.31. The lowest BCUT2D eigenvalue weighted by Gasteiger charge is -2.29. The SMILES string of the molecule is Cc1ccc(C)c2c1CN([C@H]1CCC(=O)NC1=O)C2=O. The van der Waals surface area contributed by atoms with E-state index in [0.29, 0.717) is 13.0 Å². The molecule has 1 atom stereocenters. The number of nitrogens with zero attached hydrogens (tertiary/aromatic N) is 1. The number of aryl methyl sites for hydroxylation is 2. The zero-order valence-electron chi connectivity index (χ0n) is 11.5. The highest BCUT2D eigenvalue weighted by molar-refractivity contribution is 6.06. The molecule has 0 aromatic heterocycles. The number of carbonyl (C=O) groups excluding carboxylic acids is 3. The third-order valence-electron chi connectivity index (χ3n) is 4.14. The van der Waals surface area contributed by atoms with Crippen LogP contribution in [-0.2, 0) is 16.1 Å². The van der Waals surface area contributed by atoms with Crippen molar-refractivity contribution in [1.82, 2.24) is 10.2 Å². The van der Waals surface area contributed by atoms with E-state index >= 15 is 0 Å². The second-order valence-corrected chi connectivity index (χ2v) is 5.45. The Morgan fingerprint density at radius 2 is 1.85 bits per heavy atom. The van der Waals surface area contributed by atoms with Gasteiger partial charge in [0.05, 0.1) is 0 Å². The van der Waals surface area contributed by atoms with Crippen molar-refractivity contribution in [1.29, 1.82) is 0 Å². The van der Waals surface area contributed by atoms with Gasteiger partial charge in [0.2, 0.25) is 11.8 Å². The number of amides is 3. The summed E-state index contributed by atoms with van der Waals surface area (Å²) in [6.45, 7) is 4.33. The van der Waals surface area contributed by atoms with Crippen LogP contribution < -0.4 is 5.32 Å². The molecule has 5 heteroatoms. The highest BCUT2D eigenvalue weighted by Crippen LogP contribution is 2.31. The Labute approximate surface area is 116 Å². The maximum absolute atomic E-state index is 12.6. The van der Waals surface area contributed by atoms with E-state index in [1.54, 1.807) is 4.90 Å². The summed E-state index contributed by atoms with van der Waals surface area (Å²) in [6, 6.07) is 3.39. The topological polar surface area (TPSA) is 66.5 Å². The summed E-state index contributed by atoms with van der Waals surface area (Å²) in [7, 11) is 0. The van der Waals surface area contributed by atoms with E-state index in [4.69, 9.17) is 0 Å². The fourth-order valence-electron chi connectivity index (χ4n) is 2.99. The predicted molar refractivity (Wildman–Crippen MR) is 72.0 cm³/mol. The average Bonchev–Trinajstić information content (AvgIpc) is 2.73. The van der Waals surface area contributed by atoms with E-state index in [1.165, 1.54) is 0 Å². The van der Waals surface area contributed by atoms with E-state index in [1.807, 2.05) is 26.0 Å². The number of hydrogen-bond acceptors (Lipinski definition) is 3. The van der Waals surface area contributed by atoms with Crippen LogP contribution in [0.1, 0.15) is 39.9 Å². The molecule has 5 nitrogen and oxygen atoms in total. The van der Waals surface area contributed by atoms with Crippen LogP contribution in [0.4, 0.5) is 0 Å². The van der Waals surface area contributed by atoms with Crippen LogP contribution in [0.2, 0.25) is 0 Å². The Bertz CT molecular complexity index is 636. The van der Waals surface area contributed by atoms with Gasteiger partial charge in [-0.1, -0.05) is 12.1 Å². The maximum atomic E-state index is 12.6. The van der Waals surface area contributed by atoms with E-state index < -0.39 is 6.04 Å². The van der Waals surface area contributed by atoms with E-state index in [-0.39, 0.29) is 24.1 Å². The van der Waals surface area contributed by atoms with Gasteiger partial charge in [0.15, 0.2) is 0 Å². The third-order valence-corrected chi connectivity index (χ3v) is 4.14. The number of carbonyl (C=O) groups is 3. The van der Waals surface area contributed by atoms with Gasteiger partial charge in [-0.15, -0.1) is 0 Å². The lowest BCUT2D eigenvalue weighted by molar-refractivity contribution is -0.136. The number of fused-ring (bicyclic) bond motifs is 1. The molecule has 2 aliphatic heterocycles. The van der Waals surface area contributed by atoms with Gasteiger partial charge < -0.3 is 4.90 Å². The summed E-state index contributed by atoms with van der Waals surface area (Å²) in [6.07, 6.45) is 0.691. The number of nitrogens with one attached hydrogen (secondary N) is 1. The summed E-state index contributed by atoms with van der Waals surface area (Å²) in [4.78, 5) is 37.3. The molecule has 1 N–H and O–H groups in total. The number of imide groups is 1. The maximum Gasteiger partial charge on any atom is 0.255 e. The van der Waals surface area contributed by atoms with E-state index in [2.05, 4.69) is 5.32 Å². The van der Waals surface area contributed by atoms with E-state index in [0.717, 1.165) is 22.3 Å². The Balaban J connectivity index is 1.94. The lowest BCUT2D eigenvalue weighted by atomic mass is 10.00. The molecule has 1 aromatic carbocycles. The van der Waals surface area contributed by atoms with Crippen LogP contribution >= 0.6 is 0 Å². The van der Waals surface area contributed by atoms with Crippen molar-refractivity contribution in [2.24, 2.45) is 0 Å². The normalized spacial score (nSPS) is 22.0. The first-order chi connectivity index (χ1) is 9.49. The van der Waals surface area contributed by atoms with Gasteiger partial charge in [-0.2, -0.15) is 0 Å². The molecule has 0 saturated carbocycles. The minimum Gasteiger partial charge on any atom is -0.322 e. The zero-order chi connectivity index (χ0) is 14.4. The fourth-order valence-corrected chi connectivity index (χ4v) is 2.99. The largest absolute Gasteiger partial charge is 0.322 e.